The summed E-state index contributed by atoms with van der Waals surface area (Å²) in [6, 6.07) is 12.1. The van der Waals surface area contributed by atoms with Crippen molar-refractivity contribution < 1.29 is 22.4 Å². The number of nitrogens with zero attached hydrogens (tertiary/aromatic N) is 1. The molecule has 6 heteroatoms. The van der Waals surface area contributed by atoms with Gasteiger partial charge in [0.1, 0.15) is 11.6 Å². The van der Waals surface area contributed by atoms with Crippen LogP contribution in [0.4, 0.5) is 17.6 Å². The molecule has 1 fully saturated rings. The lowest BCUT2D eigenvalue weighted by Crippen LogP contribution is -2.18. The lowest BCUT2D eigenvalue weighted by molar-refractivity contribution is 0.103. The average molecular weight is 528 g/mol. The van der Waals surface area contributed by atoms with Gasteiger partial charge in [0.2, 0.25) is 6.93 Å². The quantitative estimate of drug-likeness (QED) is 0.216. The molecular weight excluding hydrogens is 490 g/mol. The summed E-state index contributed by atoms with van der Waals surface area (Å²) in [5, 5.41) is 0. The maximum atomic E-state index is 14.1. The number of pyridine rings is 1. The molecule has 0 saturated heterocycles. The van der Waals surface area contributed by atoms with Gasteiger partial charge in [-0.1, -0.05) is 59.1 Å². The van der Waals surface area contributed by atoms with E-state index in [1.807, 2.05) is 6.20 Å². The molecule has 4 rings (SSSR count). The van der Waals surface area contributed by atoms with Crippen LogP contribution in [0.25, 0.3) is 11.1 Å². The smallest absolute Gasteiger partial charge is 0.229 e. The maximum absolute atomic E-state index is 14.1. The largest absolute Gasteiger partial charge is 0.289 e. The number of halogens is 4. The predicted molar refractivity (Wildman–Crippen MR) is 145 cm³/mol. The first-order valence-electron chi connectivity index (χ1n) is 13.3. The van der Waals surface area contributed by atoms with Crippen molar-refractivity contribution in [3.8, 4) is 11.1 Å². The first kappa shape index (κ1) is 29.5. The summed E-state index contributed by atoms with van der Waals surface area (Å²) in [5.74, 6) is -0.479. The van der Waals surface area contributed by atoms with Gasteiger partial charge in [-0.2, -0.15) is 0 Å². The minimum Gasteiger partial charge on any atom is -0.289 e. The molecule has 1 aromatic heterocycles. The number of carbonyl (C=O) groups is 1. The van der Waals surface area contributed by atoms with E-state index in [9.17, 15) is 22.4 Å². The molecule has 0 N–H and O–H groups in total. The molecule has 1 aliphatic carbocycles. The highest BCUT2D eigenvalue weighted by atomic mass is 19.3. The number of carbonyl (C=O) groups excluding carboxylic acids is 1. The van der Waals surface area contributed by atoms with Crippen molar-refractivity contribution in [1.82, 2.24) is 4.98 Å². The molecule has 38 heavy (non-hydrogen) atoms. The lowest BCUT2D eigenvalue weighted by atomic mass is 9.76. The normalized spacial score (nSPS) is 14.6. The van der Waals surface area contributed by atoms with E-state index in [4.69, 9.17) is 4.98 Å². The van der Waals surface area contributed by atoms with E-state index in [2.05, 4.69) is 27.7 Å². The fraction of sp³-hybridized carbons (Fsp3) is 0.438. The summed E-state index contributed by atoms with van der Waals surface area (Å²) in [5.41, 5.74) is 4.64. The topological polar surface area (TPSA) is 30.0 Å². The number of hydrogen-bond acceptors (Lipinski definition) is 2. The molecule has 0 amide bonds. The highest BCUT2D eigenvalue weighted by Gasteiger charge is 2.31. The van der Waals surface area contributed by atoms with Crippen LogP contribution in [0.2, 0.25) is 0 Å². The summed E-state index contributed by atoms with van der Waals surface area (Å²) >= 11 is 0. The molecule has 0 aliphatic heterocycles. The van der Waals surface area contributed by atoms with E-state index in [1.54, 1.807) is 24.3 Å². The molecule has 3 aromatic rings. The minimum absolute atomic E-state index is 0.130. The van der Waals surface area contributed by atoms with Gasteiger partial charge >= 0.3 is 0 Å². The molecule has 0 unspecified atom stereocenters. The number of hydrogen-bond donors (Lipinski definition) is 0. The highest BCUT2D eigenvalue weighted by Crippen LogP contribution is 2.44. The zero-order valence-corrected chi connectivity index (χ0v) is 22.7. The van der Waals surface area contributed by atoms with Gasteiger partial charge < -0.3 is 0 Å². The van der Waals surface area contributed by atoms with Gasteiger partial charge in [0.25, 0.3) is 0 Å². The van der Waals surface area contributed by atoms with Gasteiger partial charge in [-0.05, 0) is 83.7 Å². The molecule has 2 aromatic carbocycles. The number of benzene rings is 2. The number of alkyl halides is 2. The minimum atomic E-state index is -1.75. The molecule has 2 nitrogen and oxygen atoms in total. The van der Waals surface area contributed by atoms with Crippen LogP contribution in [0.5, 0.6) is 0 Å². The first-order chi connectivity index (χ1) is 18.1. The Morgan fingerprint density at radius 2 is 1.50 bits per heavy atom. The van der Waals surface area contributed by atoms with Crippen molar-refractivity contribution in [3.63, 3.8) is 0 Å². The van der Waals surface area contributed by atoms with E-state index in [1.165, 1.54) is 24.3 Å². The van der Waals surface area contributed by atoms with E-state index in [0.29, 0.717) is 11.1 Å². The maximum Gasteiger partial charge on any atom is 0.229 e. The van der Waals surface area contributed by atoms with Gasteiger partial charge in [-0.3, -0.25) is 9.78 Å². The van der Waals surface area contributed by atoms with Crippen molar-refractivity contribution >= 4 is 5.78 Å². The second kappa shape index (κ2) is 13.2. The summed E-state index contributed by atoms with van der Waals surface area (Å²) in [6.45, 7) is 7.14. The number of aromatic nitrogens is 1. The van der Waals surface area contributed by atoms with Crippen LogP contribution in [0, 0.1) is 17.0 Å². The van der Waals surface area contributed by atoms with Crippen LogP contribution < -0.4 is 0 Å². The standard InChI is InChI=1S/C31H35F2NO.CH2F2/c1-5-31(3,4)18-20(2)26-19-34-29(22-8-6-7-9-22)28(27(26)21-10-14-24(32)15-11-21)30(35)23-12-16-25(33)17-13-23;2-1-3/h10-17,19-20,22H,5-9,18H2,1-4H3;1H2/t20-;/m0./s1. The number of ketones is 1. The van der Waals surface area contributed by atoms with Crippen LogP contribution in [-0.4, -0.2) is 17.7 Å². The molecule has 204 valence electrons. The Bertz CT molecular complexity index is 1200. The van der Waals surface area contributed by atoms with Crippen molar-refractivity contribution in [2.75, 3.05) is 6.93 Å². The predicted octanol–water partition coefficient (Wildman–Crippen LogP) is 9.73. The molecule has 1 saturated carbocycles. The van der Waals surface area contributed by atoms with Crippen LogP contribution in [0.1, 0.15) is 105 Å². The molecule has 1 aliphatic rings. The SMILES string of the molecule is CCC(C)(C)C[C@H](C)c1cnc(C2CCCC2)c(C(=O)c2ccc(F)cc2)c1-c1ccc(F)cc1.FCF. The Hall–Kier alpha value is -3.02. The second-order valence-corrected chi connectivity index (χ2v) is 10.9. The van der Waals surface area contributed by atoms with Crippen LogP contribution >= 0.6 is 0 Å². The summed E-state index contributed by atoms with van der Waals surface area (Å²) in [7, 11) is 0. The molecule has 1 atom stereocenters. The van der Waals surface area contributed by atoms with Crippen LogP contribution in [0.3, 0.4) is 0 Å². The second-order valence-electron chi connectivity index (χ2n) is 10.9. The summed E-state index contributed by atoms with van der Waals surface area (Å²) in [4.78, 5) is 19.0. The fourth-order valence-electron chi connectivity index (χ4n) is 5.41. The van der Waals surface area contributed by atoms with Gasteiger partial charge in [-0.25, -0.2) is 17.6 Å². The van der Waals surface area contributed by atoms with E-state index in [-0.39, 0.29) is 34.7 Å². The van der Waals surface area contributed by atoms with Gasteiger partial charge in [0, 0.05) is 17.7 Å². The molecule has 0 spiro atoms. The summed E-state index contributed by atoms with van der Waals surface area (Å²) < 4.78 is 46.8. The Morgan fingerprint density at radius 1 is 0.974 bits per heavy atom. The third-order valence-corrected chi connectivity index (χ3v) is 7.69. The lowest BCUT2D eigenvalue weighted by Gasteiger charge is -2.29. The van der Waals surface area contributed by atoms with Gasteiger partial charge in [0.15, 0.2) is 5.78 Å². The van der Waals surface area contributed by atoms with E-state index >= 15 is 0 Å². The van der Waals surface area contributed by atoms with E-state index < -0.39 is 6.93 Å². The Kier molecular flexibility index (Phi) is 10.2. The fourth-order valence-corrected chi connectivity index (χ4v) is 5.41. The van der Waals surface area contributed by atoms with Crippen molar-refractivity contribution in [2.45, 2.75) is 78.1 Å². The Balaban J connectivity index is 0.00000127. The summed E-state index contributed by atoms with van der Waals surface area (Å²) in [6.07, 6.45) is 8.15. The zero-order valence-electron chi connectivity index (χ0n) is 22.7. The van der Waals surface area contributed by atoms with Crippen LogP contribution in [-0.2, 0) is 0 Å². The average Bonchev–Trinajstić information content (AvgIpc) is 3.43. The third-order valence-electron chi connectivity index (χ3n) is 7.69. The molecule has 0 radical (unpaired) electrons. The van der Waals surface area contributed by atoms with Crippen LogP contribution in [0.15, 0.2) is 54.7 Å². The Labute approximate surface area is 223 Å². The number of rotatable bonds is 8. The van der Waals surface area contributed by atoms with Crippen molar-refractivity contribution in [3.05, 3.63) is 88.7 Å². The van der Waals surface area contributed by atoms with Crippen molar-refractivity contribution in [1.29, 1.82) is 0 Å². The van der Waals surface area contributed by atoms with E-state index in [0.717, 1.165) is 60.9 Å². The molecule has 1 heterocycles. The highest BCUT2D eigenvalue weighted by molar-refractivity contribution is 6.14. The Morgan fingerprint density at radius 3 is 2.03 bits per heavy atom. The first-order valence-corrected chi connectivity index (χ1v) is 13.3. The molecular formula is C32H37F4NO. The third kappa shape index (κ3) is 7.09. The zero-order chi connectivity index (χ0) is 27.9. The van der Waals surface area contributed by atoms with Gasteiger partial charge in [-0.15, -0.1) is 0 Å². The molecule has 0 bridgehead atoms. The van der Waals surface area contributed by atoms with Crippen molar-refractivity contribution in [2.24, 2.45) is 5.41 Å². The monoisotopic (exact) mass is 527 g/mol. The van der Waals surface area contributed by atoms with Gasteiger partial charge in [0.05, 0.1) is 11.3 Å².